The molecule has 0 bridgehead atoms. The van der Waals surface area contributed by atoms with Gasteiger partial charge in [0.25, 0.3) is 0 Å². The van der Waals surface area contributed by atoms with E-state index in [0.29, 0.717) is 18.0 Å². The van der Waals surface area contributed by atoms with Crippen LogP contribution in [0.25, 0.3) is 0 Å². The van der Waals surface area contributed by atoms with Crippen molar-refractivity contribution in [3.05, 3.63) is 11.8 Å². The maximum Gasteiger partial charge on any atom is 0.319 e. The van der Waals surface area contributed by atoms with E-state index < -0.39 is 0 Å². The molecule has 0 amide bonds. The molecule has 17 heavy (non-hydrogen) atoms. The highest BCUT2D eigenvalue weighted by molar-refractivity contribution is 5.28. The van der Waals surface area contributed by atoms with E-state index >= 15 is 0 Å². The Balaban J connectivity index is 2.20. The average molecular weight is 238 g/mol. The van der Waals surface area contributed by atoms with Gasteiger partial charge in [-0.15, -0.1) is 0 Å². The summed E-state index contributed by atoms with van der Waals surface area (Å²) in [5.74, 6) is 0.540. The normalized spacial score (nSPS) is 23.7. The smallest absolute Gasteiger partial charge is 0.319 e. The highest BCUT2D eigenvalue weighted by Crippen LogP contribution is 2.37. The van der Waals surface area contributed by atoms with Crippen molar-refractivity contribution in [3.63, 3.8) is 0 Å². The van der Waals surface area contributed by atoms with Crippen LogP contribution in [-0.2, 0) is 4.74 Å². The summed E-state index contributed by atoms with van der Waals surface area (Å²) in [5, 5.41) is 0. The van der Waals surface area contributed by atoms with Gasteiger partial charge in [0, 0.05) is 6.20 Å². The summed E-state index contributed by atoms with van der Waals surface area (Å²) in [5.41, 5.74) is 0.907. The third kappa shape index (κ3) is 2.49. The van der Waals surface area contributed by atoms with Crippen LogP contribution in [0.2, 0.25) is 0 Å². The quantitative estimate of drug-likeness (QED) is 0.804. The highest BCUT2D eigenvalue weighted by atomic mass is 16.5. The lowest BCUT2D eigenvalue weighted by atomic mass is 10.1. The molecule has 0 saturated carbocycles. The third-order valence-corrected chi connectivity index (χ3v) is 3.04. The lowest BCUT2D eigenvalue weighted by Gasteiger charge is -2.15. The van der Waals surface area contributed by atoms with Crippen molar-refractivity contribution in [1.82, 2.24) is 9.97 Å². The highest BCUT2D eigenvalue weighted by Gasteiger charge is 2.28. The molecule has 1 aliphatic heterocycles. The van der Waals surface area contributed by atoms with Gasteiger partial charge in [0.15, 0.2) is 0 Å². The Kier molecular flexibility index (Phi) is 3.78. The number of nitrogens with zero attached hydrogens (tertiary/aromatic N) is 2. The molecule has 0 aromatic carbocycles. The van der Waals surface area contributed by atoms with Crippen LogP contribution in [0.4, 0.5) is 0 Å². The van der Waals surface area contributed by atoms with Gasteiger partial charge < -0.3 is 14.2 Å². The molecule has 1 saturated heterocycles. The first kappa shape index (κ1) is 12.1. The number of ether oxygens (including phenoxy) is 3. The van der Waals surface area contributed by atoms with Gasteiger partial charge in [-0.05, 0) is 19.3 Å². The second-order valence-corrected chi connectivity index (χ2v) is 4.05. The van der Waals surface area contributed by atoms with Crippen molar-refractivity contribution in [3.8, 4) is 11.9 Å². The Morgan fingerprint density at radius 3 is 2.76 bits per heavy atom. The van der Waals surface area contributed by atoms with Crippen molar-refractivity contribution < 1.29 is 14.2 Å². The lowest BCUT2D eigenvalue weighted by molar-refractivity contribution is 0.0408. The summed E-state index contributed by atoms with van der Waals surface area (Å²) < 4.78 is 16.1. The SMILES string of the molecule is CCC1CCC(c2cnc(OC)nc2OC)O1. The molecule has 2 atom stereocenters. The van der Waals surface area contributed by atoms with Crippen molar-refractivity contribution >= 4 is 0 Å². The first-order valence-corrected chi connectivity index (χ1v) is 5.88. The fourth-order valence-electron chi connectivity index (χ4n) is 2.08. The van der Waals surface area contributed by atoms with Crippen LogP contribution >= 0.6 is 0 Å². The van der Waals surface area contributed by atoms with Crippen molar-refractivity contribution in [1.29, 1.82) is 0 Å². The van der Waals surface area contributed by atoms with E-state index in [4.69, 9.17) is 14.2 Å². The summed E-state index contributed by atoms with van der Waals surface area (Å²) in [6.45, 7) is 2.13. The summed E-state index contributed by atoms with van der Waals surface area (Å²) in [4.78, 5) is 8.28. The van der Waals surface area contributed by atoms with Crippen LogP contribution in [0.1, 0.15) is 37.9 Å². The van der Waals surface area contributed by atoms with Crippen LogP contribution in [0.3, 0.4) is 0 Å². The number of aromatic nitrogens is 2. The third-order valence-electron chi connectivity index (χ3n) is 3.04. The van der Waals surface area contributed by atoms with Crippen LogP contribution in [0.15, 0.2) is 6.20 Å². The molecule has 0 N–H and O–H groups in total. The van der Waals surface area contributed by atoms with Gasteiger partial charge in [-0.1, -0.05) is 6.92 Å². The van der Waals surface area contributed by atoms with Gasteiger partial charge in [0.05, 0.1) is 32.0 Å². The molecular formula is C12H18N2O3. The molecule has 0 aliphatic carbocycles. The number of hydrogen-bond donors (Lipinski definition) is 0. The van der Waals surface area contributed by atoms with Crippen LogP contribution in [0.5, 0.6) is 11.9 Å². The molecule has 94 valence electrons. The predicted octanol–water partition coefficient (Wildman–Crippen LogP) is 2.12. The molecule has 1 aromatic rings. The van der Waals surface area contributed by atoms with Gasteiger partial charge in [0.2, 0.25) is 5.88 Å². The zero-order valence-electron chi connectivity index (χ0n) is 10.5. The summed E-state index contributed by atoms with van der Waals surface area (Å²) in [7, 11) is 3.13. The summed E-state index contributed by atoms with van der Waals surface area (Å²) >= 11 is 0. The largest absolute Gasteiger partial charge is 0.481 e. The molecule has 5 nitrogen and oxygen atoms in total. The fraction of sp³-hybridized carbons (Fsp3) is 0.667. The molecule has 2 rings (SSSR count). The molecule has 0 radical (unpaired) electrons. The Hall–Kier alpha value is -1.36. The Bertz CT molecular complexity index is 384. The monoisotopic (exact) mass is 238 g/mol. The fourth-order valence-corrected chi connectivity index (χ4v) is 2.08. The molecule has 5 heteroatoms. The second-order valence-electron chi connectivity index (χ2n) is 4.05. The molecule has 2 heterocycles. The van der Waals surface area contributed by atoms with Gasteiger partial charge in [0.1, 0.15) is 0 Å². The predicted molar refractivity (Wildman–Crippen MR) is 62.3 cm³/mol. The zero-order chi connectivity index (χ0) is 12.3. The average Bonchev–Trinajstić information content (AvgIpc) is 2.86. The van der Waals surface area contributed by atoms with E-state index in [1.807, 2.05) is 0 Å². The minimum Gasteiger partial charge on any atom is -0.481 e. The summed E-state index contributed by atoms with van der Waals surface area (Å²) in [6, 6.07) is 0.315. The standard InChI is InChI=1S/C12H18N2O3/c1-4-8-5-6-10(17-8)9-7-13-12(16-3)14-11(9)15-2/h7-8,10H,4-6H2,1-3H3. The van der Waals surface area contributed by atoms with Gasteiger partial charge in [-0.2, -0.15) is 4.98 Å². The Morgan fingerprint density at radius 1 is 1.35 bits per heavy atom. The number of hydrogen-bond acceptors (Lipinski definition) is 5. The lowest BCUT2D eigenvalue weighted by Crippen LogP contribution is -2.07. The van der Waals surface area contributed by atoms with Gasteiger partial charge >= 0.3 is 6.01 Å². The van der Waals surface area contributed by atoms with Crippen LogP contribution in [-0.4, -0.2) is 30.3 Å². The van der Waals surface area contributed by atoms with E-state index in [1.54, 1.807) is 13.3 Å². The molecular weight excluding hydrogens is 220 g/mol. The molecule has 2 unspecified atom stereocenters. The van der Waals surface area contributed by atoms with Crippen LogP contribution in [0, 0.1) is 0 Å². The Labute approximate surface area is 101 Å². The van der Waals surface area contributed by atoms with Crippen molar-refractivity contribution in [2.75, 3.05) is 14.2 Å². The van der Waals surface area contributed by atoms with E-state index in [9.17, 15) is 0 Å². The van der Waals surface area contributed by atoms with Crippen LogP contribution < -0.4 is 9.47 Å². The van der Waals surface area contributed by atoms with Gasteiger partial charge in [-0.25, -0.2) is 4.98 Å². The minimum absolute atomic E-state index is 0.0424. The number of methoxy groups -OCH3 is 2. The van der Waals surface area contributed by atoms with Crippen molar-refractivity contribution in [2.45, 2.75) is 38.4 Å². The van der Waals surface area contributed by atoms with E-state index in [2.05, 4.69) is 16.9 Å². The van der Waals surface area contributed by atoms with E-state index in [1.165, 1.54) is 7.11 Å². The zero-order valence-corrected chi connectivity index (χ0v) is 10.5. The van der Waals surface area contributed by atoms with Crippen molar-refractivity contribution in [2.24, 2.45) is 0 Å². The second kappa shape index (κ2) is 5.31. The topological polar surface area (TPSA) is 53.5 Å². The molecule has 1 fully saturated rings. The maximum absolute atomic E-state index is 5.91. The molecule has 1 aliphatic rings. The number of rotatable bonds is 4. The molecule has 0 spiro atoms. The first-order chi connectivity index (χ1) is 8.28. The summed E-state index contributed by atoms with van der Waals surface area (Å²) in [6.07, 6.45) is 5.22. The molecule has 1 aromatic heterocycles. The van der Waals surface area contributed by atoms with E-state index in [0.717, 1.165) is 24.8 Å². The first-order valence-electron chi connectivity index (χ1n) is 5.88. The Morgan fingerprint density at radius 2 is 2.18 bits per heavy atom. The van der Waals surface area contributed by atoms with Gasteiger partial charge in [-0.3, -0.25) is 0 Å². The maximum atomic E-state index is 5.91. The van der Waals surface area contributed by atoms with E-state index in [-0.39, 0.29) is 6.10 Å². The minimum atomic E-state index is 0.0424.